The first-order valence-corrected chi connectivity index (χ1v) is 14.6. The minimum atomic E-state index is -1.45. The molecule has 10 heteroatoms. The van der Waals surface area contributed by atoms with Crippen LogP contribution in [0, 0.1) is 30.6 Å². The van der Waals surface area contributed by atoms with E-state index in [1.807, 2.05) is 55.5 Å². The molecule has 0 bridgehead atoms. The van der Waals surface area contributed by atoms with Gasteiger partial charge in [0.15, 0.2) is 11.5 Å². The fourth-order valence-electron chi connectivity index (χ4n) is 7.99. The summed E-state index contributed by atoms with van der Waals surface area (Å²) in [4.78, 5) is 55.6. The van der Waals surface area contributed by atoms with E-state index in [2.05, 4.69) is 5.43 Å². The first-order chi connectivity index (χ1) is 21.2. The summed E-state index contributed by atoms with van der Waals surface area (Å²) >= 11 is 0. The SMILES string of the molecule is COc1ccc([C@H]2C3=CC[C@@H]4C(=O)N(O)C(=O)[C@@H]4[C@@H]3C[C@H]3C(=O)N(Nc4ccc(C)cc4)C(=O)[C@@]23c2ccccc2)cc1O. The maximum absolute atomic E-state index is 15.0. The van der Waals surface area contributed by atoms with Crippen LogP contribution in [0.25, 0.3) is 0 Å². The van der Waals surface area contributed by atoms with Gasteiger partial charge in [-0.1, -0.05) is 65.7 Å². The summed E-state index contributed by atoms with van der Waals surface area (Å²) in [6, 6.07) is 21.4. The van der Waals surface area contributed by atoms with Gasteiger partial charge >= 0.3 is 0 Å². The minimum Gasteiger partial charge on any atom is -0.504 e. The number of hydrogen-bond donors (Lipinski definition) is 3. The Bertz CT molecular complexity index is 1740. The van der Waals surface area contributed by atoms with E-state index in [0.29, 0.717) is 16.8 Å². The van der Waals surface area contributed by atoms with Gasteiger partial charge in [-0.25, -0.2) is 0 Å². The van der Waals surface area contributed by atoms with Crippen molar-refractivity contribution in [3.63, 3.8) is 0 Å². The Morgan fingerprint density at radius 2 is 1.64 bits per heavy atom. The van der Waals surface area contributed by atoms with Gasteiger partial charge in [-0.15, -0.1) is 0 Å². The van der Waals surface area contributed by atoms with Gasteiger partial charge in [0, 0.05) is 5.92 Å². The van der Waals surface area contributed by atoms with E-state index >= 15 is 0 Å². The average Bonchev–Trinajstić information content (AvgIpc) is 3.39. The predicted octanol–water partition coefficient (Wildman–Crippen LogP) is 4.08. The van der Waals surface area contributed by atoms with Gasteiger partial charge in [-0.05, 0) is 61.1 Å². The van der Waals surface area contributed by atoms with E-state index in [0.717, 1.165) is 16.1 Å². The van der Waals surface area contributed by atoms with E-state index in [4.69, 9.17) is 4.74 Å². The number of nitrogens with one attached hydrogen (secondary N) is 1. The summed E-state index contributed by atoms with van der Waals surface area (Å²) < 4.78 is 5.30. The topological polar surface area (TPSA) is 136 Å². The Hall–Kier alpha value is -4.96. The second kappa shape index (κ2) is 10.1. The van der Waals surface area contributed by atoms with Crippen LogP contribution in [-0.2, 0) is 24.6 Å². The number of hydroxylamine groups is 2. The number of aromatic hydroxyl groups is 1. The molecule has 44 heavy (non-hydrogen) atoms. The summed E-state index contributed by atoms with van der Waals surface area (Å²) in [5.74, 6) is -6.13. The number of hydrogen-bond acceptors (Lipinski definition) is 8. The molecular formula is C34H31N3O7. The van der Waals surface area contributed by atoms with E-state index < -0.39 is 58.6 Å². The number of carbonyl (C=O) groups excluding carboxylic acids is 4. The third kappa shape index (κ3) is 3.77. The average molecular weight is 594 g/mol. The van der Waals surface area contributed by atoms with E-state index in [-0.39, 0.29) is 29.4 Å². The van der Waals surface area contributed by atoms with Gasteiger partial charge in [0.2, 0.25) is 0 Å². The van der Waals surface area contributed by atoms with Crippen LogP contribution in [0.2, 0.25) is 0 Å². The molecule has 2 aliphatic heterocycles. The summed E-state index contributed by atoms with van der Waals surface area (Å²) in [5.41, 5.74) is 5.08. The lowest BCUT2D eigenvalue weighted by Crippen LogP contribution is -2.53. The van der Waals surface area contributed by atoms with E-state index in [9.17, 15) is 29.5 Å². The number of nitrogens with zero attached hydrogens (tertiary/aromatic N) is 2. The van der Waals surface area contributed by atoms with Crippen LogP contribution < -0.4 is 10.2 Å². The number of fused-ring (bicyclic) bond motifs is 4. The first-order valence-electron chi connectivity index (χ1n) is 14.6. The molecule has 10 nitrogen and oxygen atoms in total. The van der Waals surface area contributed by atoms with E-state index in [1.54, 1.807) is 24.3 Å². The zero-order chi connectivity index (χ0) is 30.9. The maximum atomic E-state index is 15.0. The van der Waals surface area contributed by atoms with Crippen molar-refractivity contribution in [2.24, 2.45) is 23.7 Å². The van der Waals surface area contributed by atoms with Gasteiger partial charge in [-0.3, -0.25) is 29.8 Å². The Kier molecular flexibility index (Phi) is 6.36. The normalized spacial score (nSPS) is 29.2. The number of phenolic OH excluding ortho intramolecular Hbond substituents is 1. The van der Waals surface area contributed by atoms with Crippen molar-refractivity contribution in [3.8, 4) is 11.5 Å². The Balaban J connectivity index is 1.47. The summed E-state index contributed by atoms with van der Waals surface area (Å²) in [6.07, 6.45) is 2.20. The predicted molar refractivity (Wildman–Crippen MR) is 157 cm³/mol. The number of allylic oxidation sites excluding steroid dienone is 2. The molecule has 0 unspecified atom stereocenters. The second-order valence-electron chi connectivity index (χ2n) is 12.0. The molecule has 4 amide bonds. The third-order valence-corrected chi connectivity index (χ3v) is 9.91. The fraction of sp³-hybridized carbons (Fsp3) is 0.294. The summed E-state index contributed by atoms with van der Waals surface area (Å²) in [7, 11) is 1.44. The Morgan fingerprint density at radius 1 is 0.909 bits per heavy atom. The molecule has 4 aliphatic rings. The lowest BCUT2D eigenvalue weighted by atomic mass is 9.49. The van der Waals surface area contributed by atoms with Crippen LogP contribution in [0.5, 0.6) is 11.5 Å². The maximum Gasteiger partial charge on any atom is 0.260 e. The van der Waals surface area contributed by atoms with Crippen LogP contribution >= 0.6 is 0 Å². The quantitative estimate of drug-likeness (QED) is 0.229. The van der Waals surface area contributed by atoms with Gasteiger partial charge in [0.05, 0.1) is 36.0 Å². The van der Waals surface area contributed by atoms with Crippen molar-refractivity contribution < 1.29 is 34.2 Å². The Morgan fingerprint density at radius 3 is 2.32 bits per heavy atom. The van der Waals surface area contributed by atoms with Gasteiger partial charge in [-0.2, -0.15) is 10.1 Å². The van der Waals surface area contributed by atoms with Gasteiger partial charge in [0.25, 0.3) is 23.6 Å². The number of amides is 4. The number of aryl methyl sites for hydroxylation is 1. The van der Waals surface area contributed by atoms with Gasteiger partial charge < -0.3 is 9.84 Å². The number of phenols is 1. The zero-order valence-electron chi connectivity index (χ0n) is 24.1. The molecule has 3 N–H and O–H groups in total. The molecule has 1 saturated carbocycles. The molecule has 7 rings (SSSR count). The molecule has 2 heterocycles. The standard InChI is InChI=1S/C34H31N3O7/c1-18-8-11-21(12-9-18)35-36-31(40)25-17-24-22(13-14-23-28(24)32(41)37(43)30(23)39)29(19-10-15-27(44-2)26(38)16-19)34(25,33(36)42)20-6-4-3-5-7-20/h3-13,15-16,23-25,28-29,35,38,43H,14,17H2,1-2H3/t23-,24+,25-,28-,29-,34+/m0/s1. The van der Waals surface area contributed by atoms with Crippen molar-refractivity contribution in [1.82, 2.24) is 10.1 Å². The van der Waals surface area contributed by atoms with Crippen LogP contribution in [0.1, 0.15) is 35.4 Å². The molecule has 0 radical (unpaired) electrons. The lowest BCUT2D eigenvalue weighted by molar-refractivity contribution is -0.173. The fourth-order valence-corrected chi connectivity index (χ4v) is 7.99. The zero-order valence-corrected chi connectivity index (χ0v) is 24.1. The van der Waals surface area contributed by atoms with Crippen molar-refractivity contribution in [1.29, 1.82) is 0 Å². The molecule has 0 aromatic heterocycles. The van der Waals surface area contributed by atoms with Crippen molar-refractivity contribution in [2.45, 2.75) is 31.1 Å². The third-order valence-electron chi connectivity index (χ3n) is 9.91. The minimum absolute atomic E-state index is 0.115. The number of methoxy groups -OCH3 is 1. The van der Waals surface area contributed by atoms with Crippen LogP contribution in [0.3, 0.4) is 0 Å². The van der Waals surface area contributed by atoms with Gasteiger partial charge in [0.1, 0.15) is 0 Å². The van der Waals surface area contributed by atoms with Crippen molar-refractivity contribution in [2.75, 3.05) is 12.5 Å². The van der Waals surface area contributed by atoms with E-state index in [1.165, 1.54) is 13.2 Å². The highest BCUT2D eigenvalue weighted by molar-refractivity contribution is 6.13. The number of carbonyl (C=O) groups is 4. The second-order valence-corrected chi connectivity index (χ2v) is 12.0. The molecule has 224 valence electrons. The van der Waals surface area contributed by atoms with Crippen LogP contribution in [-0.4, -0.2) is 51.1 Å². The summed E-state index contributed by atoms with van der Waals surface area (Å²) in [6.45, 7) is 1.94. The number of imide groups is 2. The molecule has 0 spiro atoms. The van der Waals surface area contributed by atoms with Crippen LogP contribution in [0.4, 0.5) is 5.69 Å². The summed E-state index contributed by atoms with van der Waals surface area (Å²) in [5, 5.41) is 22.5. The van der Waals surface area contributed by atoms with Crippen molar-refractivity contribution in [3.05, 3.63) is 101 Å². The lowest BCUT2D eigenvalue weighted by Gasteiger charge is -2.50. The number of rotatable bonds is 5. The largest absolute Gasteiger partial charge is 0.504 e. The molecule has 3 aromatic carbocycles. The number of ether oxygens (including phenoxy) is 1. The highest BCUT2D eigenvalue weighted by atomic mass is 16.5. The molecule has 3 fully saturated rings. The molecule has 6 atom stereocenters. The highest BCUT2D eigenvalue weighted by Gasteiger charge is 2.70. The van der Waals surface area contributed by atoms with Crippen molar-refractivity contribution >= 4 is 29.3 Å². The smallest absolute Gasteiger partial charge is 0.260 e. The van der Waals surface area contributed by atoms with Crippen LogP contribution in [0.15, 0.2) is 84.4 Å². The highest BCUT2D eigenvalue weighted by Crippen LogP contribution is 2.64. The molecule has 3 aromatic rings. The monoisotopic (exact) mass is 593 g/mol. The number of benzene rings is 3. The molecular weight excluding hydrogens is 562 g/mol. The molecule has 2 saturated heterocycles. The molecule has 2 aliphatic carbocycles. The number of hydrazine groups is 1. The number of anilines is 1. The Labute approximate surface area is 253 Å². The first kappa shape index (κ1) is 27.8.